The third-order valence-corrected chi connectivity index (χ3v) is 8.52. The quantitative estimate of drug-likeness (QED) is 0.344. The summed E-state index contributed by atoms with van der Waals surface area (Å²) < 4.78 is 18.8. The van der Waals surface area contributed by atoms with Crippen molar-refractivity contribution in [2.75, 3.05) is 31.6 Å². The summed E-state index contributed by atoms with van der Waals surface area (Å²) in [5.74, 6) is 0.0324. The molecule has 8 heteroatoms. The molecular weight excluding hydrogens is 503 g/mol. The van der Waals surface area contributed by atoms with Crippen LogP contribution in [0.1, 0.15) is 44.2 Å². The molecule has 2 amide bonds. The van der Waals surface area contributed by atoms with Crippen molar-refractivity contribution in [3.8, 4) is 0 Å². The van der Waals surface area contributed by atoms with Crippen LogP contribution in [0.2, 0.25) is 5.02 Å². The number of halogens is 2. The second-order valence-corrected chi connectivity index (χ2v) is 11.0. The lowest BCUT2D eigenvalue weighted by Crippen LogP contribution is -2.47. The molecule has 200 valence electrons. The number of nitrogens with one attached hydrogen (secondary N) is 3. The zero-order chi connectivity index (χ0) is 26.7. The summed E-state index contributed by atoms with van der Waals surface area (Å²) in [6.07, 6.45) is 7.07. The Labute approximate surface area is 228 Å². The van der Waals surface area contributed by atoms with Gasteiger partial charge in [-0.05, 0) is 90.6 Å². The van der Waals surface area contributed by atoms with Gasteiger partial charge in [0.25, 0.3) is 0 Å². The molecule has 0 radical (unpaired) electrons. The number of rotatable bonds is 7. The highest BCUT2D eigenvalue weighted by Gasteiger charge is 2.46. The molecule has 38 heavy (non-hydrogen) atoms. The first-order valence-electron chi connectivity index (χ1n) is 13.2. The molecule has 0 spiro atoms. The summed E-state index contributed by atoms with van der Waals surface area (Å²) >= 11 is 6.35. The van der Waals surface area contributed by atoms with Crippen LogP contribution in [0.4, 0.5) is 14.9 Å². The molecule has 2 aliphatic carbocycles. The molecule has 3 N–H and O–H groups in total. The molecule has 2 aromatic rings. The number of benzene rings is 2. The number of ether oxygens (including phenoxy) is 1. The van der Waals surface area contributed by atoms with E-state index in [1.54, 1.807) is 12.1 Å². The van der Waals surface area contributed by atoms with Gasteiger partial charge in [0.2, 0.25) is 0 Å². The summed E-state index contributed by atoms with van der Waals surface area (Å²) in [4.78, 5) is 15.0. The van der Waals surface area contributed by atoms with Crippen LogP contribution in [0.3, 0.4) is 0 Å². The monoisotopic (exact) mass is 536 g/mol. The number of hydrogen-bond donors (Lipinski definition) is 3. The van der Waals surface area contributed by atoms with Crippen molar-refractivity contribution in [2.45, 2.75) is 38.6 Å². The minimum atomic E-state index is -0.278. The largest absolute Gasteiger partial charge is 0.378 e. The first-order chi connectivity index (χ1) is 18.4. The second-order valence-electron chi connectivity index (χ2n) is 10.6. The minimum Gasteiger partial charge on any atom is -0.378 e. The topological polar surface area (TPSA) is 77.5 Å². The van der Waals surface area contributed by atoms with E-state index in [1.165, 1.54) is 23.9 Å². The Morgan fingerprint density at radius 3 is 2.74 bits per heavy atom. The van der Waals surface area contributed by atoms with E-state index < -0.39 is 0 Å². The number of carbonyl (C=O) groups is 1. The first-order valence-corrected chi connectivity index (χ1v) is 13.6. The third kappa shape index (κ3) is 5.64. The van der Waals surface area contributed by atoms with Gasteiger partial charge in [-0.15, -0.1) is 0 Å². The Bertz CT molecular complexity index is 1260. The van der Waals surface area contributed by atoms with Gasteiger partial charge in [0.05, 0.1) is 19.3 Å². The minimum absolute atomic E-state index is 0.0771. The fourth-order valence-electron chi connectivity index (χ4n) is 6.05. The van der Waals surface area contributed by atoms with Crippen LogP contribution < -0.4 is 10.6 Å². The summed E-state index contributed by atoms with van der Waals surface area (Å²) in [6.45, 7) is 4.56. The van der Waals surface area contributed by atoms with E-state index in [4.69, 9.17) is 21.7 Å². The molecule has 2 aromatic carbocycles. The van der Waals surface area contributed by atoms with Gasteiger partial charge in [-0.3, -0.25) is 0 Å². The molecule has 1 saturated heterocycles. The maximum atomic E-state index is 13.4. The van der Waals surface area contributed by atoms with E-state index in [1.807, 2.05) is 29.2 Å². The van der Waals surface area contributed by atoms with Gasteiger partial charge in [-0.25, -0.2) is 9.18 Å². The molecular formula is C30H34ClFN4O2. The van der Waals surface area contributed by atoms with Crippen molar-refractivity contribution < 1.29 is 13.9 Å². The van der Waals surface area contributed by atoms with Gasteiger partial charge in [0.1, 0.15) is 5.82 Å². The number of hydrogen-bond acceptors (Lipinski definition) is 4. The Hall–Kier alpha value is -3.16. The van der Waals surface area contributed by atoms with Crippen LogP contribution in [0.5, 0.6) is 0 Å². The lowest BCUT2D eigenvalue weighted by atomic mass is 9.67. The number of fused-ring (bicyclic) bond motifs is 1. The third-order valence-electron chi connectivity index (χ3n) is 8.28. The van der Waals surface area contributed by atoms with Gasteiger partial charge in [0, 0.05) is 35.7 Å². The zero-order valence-corrected chi connectivity index (χ0v) is 22.4. The van der Waals surface area contributed by atoms with Crippen molar-refractivity contribution in [3.05, 3.63) is 87.9 Å². The summed E-state index contributed by atoms with van der Waals surface area (Å²) in [6, 6.07) is 13.8. The molecule has 2 fully saturated rings. The van der Waals surface area contributed by atoms with Crippen molar-refractivity contribution >= 4 is 29.5 Å². The molecule has 0 bridgehead atoms. The van der Waals surface area contributed by atoms with E-state index in [9.17, 15) is 9.18 Å². The second kappa shape index (κ2) is 11.3. The highest BCUT2D eigenvalue weighted by molar-refractivity contribution is 6.30. The molecule has 1 heterocycles. The van der Waals surface area contributed by atoms with Gasteiger partial charge < -0.3 is 25.7 Å². The van der Waals surface area contributed by atoms with E-state index >= 15 is 0 Å². The van der Waals surface area contributed by atoms with Crippen LogP contribution in [0, 0.1) is 22.6 Å². The standard InChI is InChI=1S/C30H34ClFN4O2/c1-30-18-21(19-33)28(34-26-9-7-25(32)8-10-26)17-23(30)6-5-22(30)16-27(20-3-2-4-24(31)15-20)35-29(37)36-11-13-38-14-12-36/h2-4,7-10,15,17,19,22,27,33-34H,5-6,11-14,16,18H2,1H3,(H,35,37)/t22-,27?,30-/m1/s1. The highest BCUT2D eigenvalue weighted by Crippen LogP contribution is 2.56. The summed E-state index contributed by atoms with van der Waals surface area (Å²) in [5.41, 5.74) is 4.83. The predicted molar refractivity (Wildman–Crippen MR) is 149 cm³/mol. The zero-order valence-electron chi connectivity index (χ0n) is 21.6. The van der Waals surface area contributed by atoms with Crippen molar-refractivity contribution in [3.63, 3.8) is 0 Å². The van der Waals surface area contributed by atoms with Crippen LogP contribution in [-0.4, -0.2) is 43.4 Å². The molecule has 1 saturated carbocycles. The Morgan fingerprint density at radius 2 is 2.03 bits per heavy atom. The van der Waals surface area contributed by atoms with Crippen molar-refractivity contribution in [1.29, 1.82) is 5.41 Å². The molecule has 3 atom stereocenters. The molecule has 0 aromatic heterocycles. The predicted octanol–water partition coefficient (Wildman–Crippen LogP) is 6.71. The molecule has 5 rings (SSSR count). The Morgan fingerprint density at radius 1 is 1.26 bits per heavy atom. The number of nitrogens with zero attached hydrogens (tertiary/aromatic N) is 1. The van der Waals surface area contributed by atoms with Crippen LogP contribution in [-0.2, 0) is 4.74 Å². The van der Waals surface area contributed by atoms with Gasteiger partial charge in [0.15, 0.2) is 0 Å². The first kappa shape index (κ1) is 26.4. The summed E-state index contributed by atoms with van der Waals surface area (Å²) in [5, 5.41) is 15.5. The van der Waals surface area contributed by atoms with Crippen molar-refractivity contribution in [1.82, 2.24) is 10.2 Å². The summed E-state index contributed by atoms with van der Waals surface area (Å²) in [7, 11) is 0. The van der Waals surface area contributed by atoms with Crippen molar-refractivity contribution in [2.24, 2.45) is 11.3 Å². The van der Waals surface area contributed by atoms with Gasteiger partial charge >= 0.3 is 6.03 Å². The fraction of sp³-hybridized carbons (Fsp3) is 0.400. The number of anilines is 1. The average Bonchev–Trinajstić information content (AvgIpc) is 3.24. The number of urea groups is 1. The number of allylic oxidation sites excluding steroid dienone is 3. The van der Waals surface area contributed by atoms with Crippen LogP contribution in [0.25, 0.3) is 0 Å². The molecule has 1 aliphatic heterocycles. The lowest BCUT2D eigenvalue weighted by molar-refractivity contribution is 0.0520. The normalized spacial score (nSPS) is 23.9. The molecule has 1 unspecified atom stereocenters. The number of carbonyl (C=O) groups excluding carboxylic acids is 1. The molecule has 6 nitrogen and oxygen atoms in total. The highest BCUT2D eigenvalue weighted by atomic mass is 35.5. The maximum absolute atomic E-state index is 13.4. The maximum Gasteiger partial charge on any atom is 0.318 e. The van der Waals surface area contributed by atoms with Gasteiger partial charge in [-0.1, -0.05) is 36.2 Å². The Balaban J connectivity index is 1.37. The fourth-order valence-corrected chi connectivity index (χ4v) is 6.25. The van der Waals surface area contributed by atoms with E-state index in [0.717, 1.165) is 48.2 Å². The average molecular weight is 537 g/mol. The SMILES string of the molecule is C[C@]12CC(C=N)=C(Nc3ccc(F)cc3)C=C1CC[C@@H]2CC(NC(=O)N1CCOCC1)c1cccc(Cl)c1. The van der Waals surface area contributed by atoms with E-state index in [-0.39, 0.29) is 23.3 Å². The van der Waals surface area contributed by atoms with Crippen LogP contribution >= 0.6 is 11.6 Å². The number of amides is 2. The van der Waals surface area contributed by atoms with E-state index in [2.05, 4.69) is 23.6 Å². The molecule has 3 aliphatic rings. The van der Waals surface area contributed by atoms with E-state index in [0.29, 0.717) is 37.2 Å². The number of morpholine rings is 1. The van der Waals surface area contributed by atoms with Crippen LogP contribution in [0.15, 0.2) is 71.5 Å². The Kier molecular flexibility index (Phi) is 7.86. The lowest BCUT2D eigenvalue weighted by Gasteiger charge is -2.39. The smallest absolute Gasteiger partial charge is 0.318 e. The van der Waals surface area contributed by atoms with Gasteiger partial charge in [-0.2, -0.15) is 0 Å².